The van der Waals surface area contributed by atoms with E-state index in [0.717, 1.165) is 37.2 Å². The highest BCUT2D eigenvalue weighted by Crippen LogP contribution is 2.22. The fourth-order valence-electron chi connectivity index (χ4n) is 3.10. The van der Waals surface area contributed by atoms with Crippen molar-refractivity contribution in [1.29, 1.82) is 0 Å². The normalized spacial score (nSPS) is 16.0. The number of ether oxygens (including phenoxy) is 2. The lowest BCUT2D eigenvalue weighted by molar-refractivity contribution is 0.0475. The molecule has 0 atom stereocenters. The molecule has 0 spiro atoms. The second kappa shape index (κ2) is 8.60. The third-order valence-electron chi connectivity index (χ3n) is 4.46. The quantitative estimate of drug-likeness (QED) is 0.841. The summed E-state index contributed by atoms with van der Waals surface area (Å²) in [6, 6.07) is 7.70. The number of benzene rings is 1. The van der Waals surface area contributed by atoms with E-state index in [9.17, 15) is 4.79 Å². The van der Waals surface area contributed by atoms with Crippen molar-refractivity contribution in [3.63, 3.8) is 0 Å². The second-order valence-electron chi connectivity index (χ2n) is 7.94. The van der Waals surface area contributed by atoms with Gasteiger partial charge in [-0.1, -0.05) is 17.3 Å². The minimum Gasteiger partial charge on any atom is -0.497 e. The standard InChI is InChI=1S/C20H28N4O4/c1-20(2,3)27-19(25)21-15-8-10-24(11-9-15)13-17-22-18(23-28-17)14-6-5-7-16(12-14)26-4/h5-7,12,15H,8-11,13H2,1-4H3,(H,21,25). The van der Waals surface area contributed by atoms with Gasteiger partial charge in [0.2, 0.25) is 11.7 Å². The van der Waals surface area contributed by atoms with Gasteiger partial charge >= 0.3 is 6.09 Å². The first kappa shape index (κ1) is 20.1. The Labute approximate surface area is 165 Å². The van der Waals surface area contributed by atoms with Crippen LogP contribution in [0.2, 0.25) is 0 Å². The van der Waals surface area contributed by atoms with Crippen LogP contribution in [0.1, 0.15) is 39.5 Å². The Morgan fingerprint density at radius 1 is 1.32 bits per heavy atom. The molecule has 1 aromatic carbocycles. The van der Waals surface area contributed by atoms with E-state index in [1.807, 2.05) is 45.0 Å². The summed E-state index contributed by atoms with van der Waals surface area (Å²) in [5.41, 5.74) is 0.373. The number of carbonyl (C=O) groups excluding carboxylic acids is 1. The number of amides is 1. The van der Waals surface area contributed by atoms with Crippen LogP contribution in [0.4, 0.5) is 4.79 Å². The van der Waals surface area contributed by atoms with Gasteiger partial charge in [0, 0.05) is 24.7 Å². The van der Waals surface area contributed by atoms with Crippen molar-refractivity contribution >= 4 is 6.09 Å². The molecule has 0 aliphatic carbocycles. The zero-order valence-corrected chi connectivity index (χ0v) is 16.9. The lowest BCUT2D eigenvalue weighted by atomic mass is 10.1. The maximum absolute atomic E-state index is 11.9. The molecule has 152 valence electrons. The molecule has 1 amide bonds. The lowest BCUT2D eigenvalue weighted by Crippen LogP contribution is -2.45. The third kappa shape index (κ3) is 5.69. The molecule has 0 saturated carbocycles. The first-order chi connectivity index (χ1) is 13.3. The minimum atomic E-state index is -0.483. The van der Waals surface area contributed by atoms with Crippen molar-refractivity contribution in [2.24, 2.45) is 0 Å². The maximum atomic E-state index is 11.9. The smallest absolute Gasteiger partial charge is 0.407 e. The van der Waals surface area contributed by atoms with Gasteiger partial charge in [-0.2, -0.15) is 4.98 Å². The predicted octanol–water partition coefficient (Wildman–Crippen LogP) is 3.23. The number of likely N-dealkylation sites (tertiary alicyclic amines) is 1. The largest absolute Gasteiger partial charge is 0.497 e. The molecule has 1 fully saturated rings. The maximum Gasteiger partial charge on any atom is 0.407 e. The Morgan fingerprint density at radius 3 is 2.75 bits per heavy atom. The number of nitrogens with one attached hydrogen (secondary N) is 1. The third-order valence-corrected chi connectivity index (χ3v) is 4.46. The van der Waals surface area contributed by atoms with Gasteiger partial charge in [-0.25, -0.2) is 4.79 Å². The molecule has 1 aromatic heterocycles. The predicted molar refractivity (Wildman–Crippen MR) is 104 cm³/mol. The zero-order valence-electron chi connectivity index (χ0n) is 16.9. The number of alkyl carbamates (subject to hydrolysis) is 1. The molecule has 1 aliphatic rings. The Kier molecular flexibility index (Phi) is 6.18. The van der Waals surface area contributed by atoms with Crippen molar-refractivity contribution in [2.45, 2.75) is 51.8 Å². The van der Waals surface area contributed by atoms with Gasteiger partial charge in [-0.15, -0.1) is 0 Å². The number of piperidine rings is 1. The van der Waals surface area contributed by atoms with Gasteiger partial charge in [0.1, 0.15) is 11.4 Å². The molecule has 8 heteroatoms. The van der Waals surface area contributed by atoms with Gasteiger partial charge in [0.05, 0.1) is 13.7 Å². The summed E-state index contributed by atoms with van der Waals surface area (Å²) in [6.07, 6.45) is 1.36. The number of hydrogen-bond donors (Lipinski definition) is 1. The molecule has 1 saturated heterocycles. The van der Waals surface area contributed by atoms with E-state index in [1.54, 1.807) is 7.11 Å². The zero-order chi connectivity index (χ0) is 20.1. The molecule has 2 aromatic rings. The van der Waals surface area contributed by atoms with E-state index in [1.165, 1.54) is 0 Å². The summed E-state index contributed by atoms with van der Waals surface area (Å²) < 4.78 is 16.0. The molecule has 3 rings (SSSR count). The topological polar surface area (TPSA) is 89.7 Å². The molecule has 1 N–H and O–H groups in total. The highest BCUT2D eigenvalue weighted by atomic mass is 16.6. The molecular formula is C20H28N4O4. The fraction of sp³-hybridized carbons (Fsp3) is 0.550. The van der Waals surface area contributed by atoms with Crippen LogP contribution in [0.25, 0.3) is 11.4 Å². The summed E-state index contributed by atoms with van der Waals surface area (Å²) in [4.78, 5) is 18.6. The summed E-state index contributed by atoms with van der Waals surface area (Å²) in [5, 5.41) is 7.02. The van der Waals surface area contributed by atoms with Crippen LogP contribution in [-0.4, -0.2) is 53.0 Å². The Hall–Kier alpha value is -2.61. The first-order valence-electron chi connectivity index (χ1n) is 9.51. The van der Waals surface area contributed by atoms with Gasteiger partial charge in [0.25, 0.3) is 0 Å². The highest BCUT2D eigenvalue weighted by Gasteiger charge is 2.24. The van der Waals surface area contributed by atoms with Crippen LogP contribution in [0.5, 0.6) is 5.75 Å². The molecule has 0 bridgehead atoms. The van der Waals surface area contributed by atoms with Crippen molar-refractivity contribution in [3.8, 4) is 17.1 Å². The second-order valence-corrected chi connectivity index (χ2v) is 7.94. The average Bonchev–Trinajstić information content (AvgIpc) is 3.10. The van der Waals surface area contributed by atoms with Crippen molar-refractivity contribution in [2.75, 3.05) is 20.2 Å². The average molecular weight is 388 g/mol. The van der Waals surface area contributed by atoms with Gasteiger partial charge < -0.3 is 19.3 Å². The number of rotatable bonds is 5. The Bertz CT molecular complexity index is 791. The molecular weight excluding hydrogens is 360 g/mol. The molecule has 8 nitrogen and oxygen atoms in total. The van der Waals surface area contributed by atoms with Crippen LogP contribution in [0.3, 0.4) is 0 Å². The molecule has 2 heterocycles. The fourth-order valence-corrected chi connectivity index (χ4v) is 3.10. The summed E-state index contributed by atoms with van der Waals surface area (Å²) >= 11 is 0. The highest BCUT2D eigenvalue weighted by molar-refractivity contribution is 5.68. The van der Waals surface area contributed by atoms with Crippen molar-refractivity contribution in [3.05, 3.63) is 30.2 Å². The molecule has 28 heavy (non-hydrogen) atoms. The van der Waals surface area contributed by atoms with Gasteiger partial charge in [-0.3, -0.25) is 4.90 Å². The Morgan fingerprint density at radius 2 is 2.07 bits per heavy atom. The van der Waals surface area contributed by atoms with E-state index in [-0.39, 0.29) is 12.1 Å². The molecule has 0 unspecified atom stereocenters. The first-order valence-corrected chi connectivity index (χ1v) is 9.51. The Balaban J connectivity index is 1.49. The lowest BCUT2D eigenvalue weighted by Gasteiger charge is -2.31. The van der Waals surface area contributed by atoms with Crippen molar-refractivity contribution in [1.82, 2.24) is 20.4 Å². The monoisotopic (exact) mass is 388 g/mol. The van der Waals surface area contributed by atoms with Crippen LogP contribution in [0, 0.1) is 0 Å². The van der Waals surface area contributed by atoms with Gasteiger partial charge in [0.15, 0.2) is 0 Å². The SMILES string of the molecule is COc1cccc(-c2noc(CN3CCC(NC(=O)OC(C)(C)C)CC3)n2)c1. The van der Waals surface area contributed by atoms with E-state index in [4.69, 9.17) is 14.0 Å². The van der Waals surface area contributed by atoms with Crippen molar-refractivity contribution < 1.29 is 18.8 Å². The van der Waals surface area contributed by atoms with Crippen LogP contribution in [-0.2, 0) is 11.3 Å². The van der Waals surface area contributed by atoms with Crippen LogP contribution >= 0.6 is 0 Å². The number of aromatic nitrogens is 2. The summed E-state index contributed by atoms with van der Waals surface area (Å²) in [6.45, 7) is 7.86. The van der Waals surface area contributed by atoms with E-state index < -0.39 is 5.60 Å². The number of nitrogens with zero attached hydrogens (tertiary/aromatic N) is 3. The van der Waals surface area contributed by atoms with E-state index in [2.05, 4.69) is 20.4 Å². The minimum absolute atomic E-state index is 0.126. The molecule has 0 radical (unpaired) electrons. The molecule has 1 aliphatic heterocycles. The number of carbonyl (C=O) groups is 1. The number of methoxy groups -OCH3 is 1. The van der Waals surface area contributed by atoms with E-state index >= 15 is 0 Å². The van der Waals surface area contributed by atoms with Gasteiger partial charge in [-0.05, 0) is 45.7 Å². The van der Waals surface area contributed by atoms with E-state index in [0.29, 0.717) is 18.3 Å². The summed E-state index contributed by atoms with van der Waals surface area (Å²) in [5.74, 6) is 1.88. The van der Waals surface area contributed by atoms with Crippen LogP contribution in [0.15, 0.2) is 28.8 Å². The summed E-state index contributed by atoms with van der Waals surface area (Å²) in [7, 11) is 1.63. The van der Waals surface area contributed by atoms with Crippen LogP contribution < -0.4 is 10.1 Å². The number of hydrogen-bond acceptors (Lipinski definition) is 7.